The van der Waals surface area contributed by atoms with E-state index in [1.807, 2.05) is 0 Å². The molecule has 1 aromatic rings. The molecular weight excluding hydrogens is 178 g/mol. The van der Waals surface area contributed by atoms with Gasteiger partial charge in [0, 0.05) is 5.56 Å². The van der Waals surface area contributed by atoms with Gasteiger partial charge in [0.15, 0.2) is 0 Å². The SMILES string of the molecule is N#Cc1c(F)cc(/C=N/O)cc1F. The average Bonchev–Trinajstić information content (AvgIpc) is 2.04. The van der Waals surface area contributed by atoms with E-state index in [0.29, 0.717) is 0 Å². The van der Waals surface area contributed by atoms with Gasteiger partial charge >= 0.3 is 0 Å². The van der Waals surface area contributed by atoms with Crippen molar-refractivity contribution in [2.45, 2.75) is 0 Å². The molecule has 0 heterocycles. The monoisotopic (exact) mass is 182 g/mol. The van der Waals surface area contributed by atoms with Crippen LogP contribution >= 0.6 is 0 Å². The Hall–Kier alpha value is -1.96. The van der Waals surface area contributed by atoms with Gasteiger partial charge in [-0.1, -0.05) is 5.16 Å². The van der Waals surface area contributed by atoms with Crippen LogP contribution in [-0.2, 0) is 0 Å². The second-order valence-corrected chi connectivity index (χ2v) is 2.22. The van der Waals surface area contributed by atoms with Crippen LogP contribution in [0.15, 0.2) is 17.3 Å². The largest absolute Gasteiger partial charge is 0.411 e. The number of rotatable bonds is 1. The molecule has 0 amide bonds. The third kappa shape index (κ3) is 1.79. The van der Waals surface area contributed by atoms with Gasteiger partial charge in [-0.05, 0) is 12.1 Å². The zero-order valence-corrected chi connectivity index (χ0v) is 6.33. The third-order valence-electron chi connectivity index (χ3n) is 1.38. The van der Waals surface area contributed by atoms with Crippen molar-refractivity contribution in [2.24, 2.45) is 5.16 Å². The molecular formula is C8H4F2N2O. The summed E-state index contributed by atoms with van der Waals surface area (Å²) in [5.41, 5.74) is -0.591. The van der Waals surface area contributed by atoms with Crippen LogP contribution in [0.5, 0.6) is 0 Å². The van der Waals surface area contributed by atoms with Gasteiger partial charge in [-0.3, -0.25) is 0 Å². The van der Waals surface area contributed by atoms with Gasteiger partial charge in [-0.2, -0.15) is 5.26 Å². The predicted molar refractivity (Wildman–Crippen MR) is 40.5 cm³/mol. The Morgan fingerprint density at radius 2 is 1.92 bits per heavy atom. The van der Waals surface area contributed by atoms with E-state index >= 15 is 0 Å². The second-order valence-electron chi connectivity index (χ2n) is 2.22. The number of nitrogens with zero attached hydrogens (tertiary/aromatic N) is 2. The second kappa shape index (κ2) is 3.63. The van der Waals surface area contributed by atoms with Crippen molar-refractivity contribution in [1.82, 2.24) is 0 Å². The number of benzene rings is 1. The molecule has 0 radical (unpaired) electrons. The van der Waals surface area contributed by atoms with E-state index in [9.17, 15) is 8.78 Å². The quantitative estimate of drug-likeness (QED) is 0.407. The van der Waals surface area contributed by atoms with Gasteiger partial charge in [-0.25, -0.2) is 8.78 Å². The van der Waals surface area contributed by atoms with E-state index in [0.717, 1.165) is 18.3 Å². The van der Waals surface area contributed by atoms with Crippen LogP contribution in [-0.4, -0.2) is 11.4 Å². The summed E-state index contributed by atoms with van der Waals surface area (Å²) in [6, 6.07) is 3.18. The van der Waals surface area contributed by atoms with Gasteiger partial charge < -0.3 is 5.21 Å². The van der Waals surface area contributed by atoms with Gasteiger partial charge in [0.25, 0.3) is 0 Å². The first-order valence-corrected chi connectivity index (χ1v) is 3.25. The summed E-state index contributed by atoms with van der Waals surface area (Å²) in [5, 5.41) is 19.0. The summed E-state index contributed by atoms with van der Waals surface area (Å²) in [6.07, 6.45) is 0.868. The molecule has 1 aromatic carbocycles. The zero-order valence-electron chi connectivity index (χ0n) is 6.33. The van der Waals surface area contributed by atoms with Crippen LogP contribution in [0, 0.1) is 23.0 Å². The molecule has 0 aliphatic rings. The van der Waals surface area contributed by atoms with Crippen molar-refractivity contribution >= 4 is 6.21 Å². The maximum atomic E-state index is 12.8. The molecule has 3 nitrogen and oxygen atoms in total. The van der Waals surface area contributed by atoms with Crippen molar-refractivity contribution < 1.29 is 14.0 Å². The highest BCUT2D eigenvalue weighted by Crippen LogP contribution is 2.13. The number of hydrogen-bond donors (Lipinski definition) is 1. The van der Waals surface area contributed by atoms with Crippen LogP contribution in [0.3, 0.4) is 0 Å². The minimum atomic E-state index is -0.975. The maximum Gasteiger partial charge on any atom is 0.144 e. The molecule has 0 saturated carbocycles. The molecule has 1 N–H and O–H groups in total. The first-order valence-electron chi connectivity index (χ1n) is 3.25. The van der Waals surface area contributed by atoms with E-state index in [1.165, 1.54) is 6.07 Å². The number of nitriles is 1. The molecule has 5 heteroatoms. The first kappa shape index (κ1) is 9.13. The highest BCUT2D eigenvalue weighted by molar-refractivity contribution is 5.79. The Bertz CT molecular complexity index is 373. The Labute approximate surface area is 72.5 Å². The molecule has 0 atom stereocenters. The first-order chi connectivity index (χ1) is 6.19. The van der Waals surface area contributed by atoms with Gasteiger partial charge in [-0.15, -0.1) is 0 Å². The van der Waals surface area contributed by atoms with Gasteiger partial charge in [0.05, 0.1) is 6.21 Å². The summed E-state index contributed by atoms with van der Waals surface area (Å²) in [7, 11) is 0. The number of halogens is 2. The minimum Gasteiger partial charge on any atom is -0.411 e. The molecule has 0 spiro atoms. The molecule has 0 saturated heterocycles. The summed E-state index contributed by atoms with van der Waals surface area (Å²) < 4.78 is 25.7. The summed E-state index contributed by atoms with van der Waals surface area (Å²) in [5.74, 6) is -1.95. The Kier molecular flexibility index (Phi) is 2.55. The van der Waals surface area contributed by atoms with E-state index in [1.54, 1.807) is 0 Å². The fraction of sp³-hybridized carbons (Fsp3) is 0. The van der Waals surface area contributed by atoms with Crippen LogP contribution in [0.1, 0.15) is 11.1 Å². The summed E-state index contributed by atoms with van der Waals surface area (Å²) in [6.45, 7) is 0. The molecule has 0 fully saturated rings. The van der Waals surface area contributed by atoms with E-state index in [2.05, 4.69) is 5.16 Å². The average molecular weight is 182 g/mol. The van der Waals surface area contributed by atoms with Crippen molar-refractivity contribution in [1.29, 1.82) is 5.26 Å². The topological polar surface area (TPSA) is 56.4 Å². The van der Waals surface area contributed by atoms with Gasteiger partial charge in [0.2, 0.25) is 0 Å². The highest BCUT2D eigenvalue weighted by atomic mass is 19.1. The molecule has 0 aliphatic carbocycles. The smallest absolute Gasteiger partial charge is 0.144 e. The molecule has 66 valence electrons. The maximum absolute atomic E-state index is 12.8. The zero-order chi connectivity index (χ0) is 9.84. The molecule has 0 aliphatic heterocycles. The van der Waals surface area contributed by atoms with Crippen molar-refractivity contribution in [3.05, 3.63) is 34.9 Å². The summed E-state index contributed by atoms with van der Waals surface area (Å²) in [4.78, 5) is 0. The lowest BCUT2D eigenvalue weighted by atomic mass is 10.1. The van der Waals surface area contributed by atoms with Crippen LogP contribution < -0.4 is 0 Å². The lowest BCUT2D eigenvalue weighted by molar-refractivity contribution is 0.322. The van der Waals surface area contributed by atoms with Gasteiger partial charge in [0.1, 0.15) is 23.3 Å². The predicted octanol–water partition coefficient (Wildman–Crippen LogP) is 1.64. The standard InChI is InChI=1S/C8H4F2N2O/c9-7-1-5(4-12-13)2-8(10)6(7)3-11/h1-2,4,13H/b12-4+. The van der Waals surface area contributed by atoms with E-state index in [-0.39, 0.29) is 5.56 Å². The van der Waals surface area contributed by atoms with Crippen LogP contribution in [0.4, 0.5) is 8.78 Å². The molecule has 13 heavy (non-hydrogen) atoms. The Morgan fingerprint density at radius 3 is 2.31 bits per heavy atom. The normalized spacial score (nSPS) is 10.2. The highest BCUT2D eigenvalue weighted by Gasteiger charge is 2.09. The van der Waals surface area contributed by atoms with Crippen molar-refractivity contribution in [2.75, 3.05) is 0 Å². The van der Waals surface area contributed by atoms with E-state index in [4.69, 9.17) is 10.5 Å². The van der Waals surface area contributed by atoms with Crippen LogP contribution in [0.2, 0.25) is 0 Å². The van der Waals surface area contributed by atoms with Crippen molar-refractivity contribution in [3.63, 3.8) is 0 Å². The Morgan fingerprint density at radius 1 is 1.38 bits per heavy atom. The molecule has 1 rings (SSSR count). The number of oxime groups is 1. The lowest BCUT2D eigenvalue weighted by Gasteiger charge is -1.97. The fourth-order valence-electron chi connectivity index (χ4n) is 0.841. The van der Waals surface area contributed by atoms with E-state index < -0.39 is 17.2 Å². The third-order valence-corrected chi connectivity index (χ3v) is 1.38. The molecule has 0 unspecified atom stereocenters. The molecule has 0 bridgehead atoms. The van der Waals surface area contributed by atoms with Crippen LogP contribution in [0.25, 0.3) is 0 Å². The molecule has 0 aromatic heterocycles. The lowest BCUT2D eigenvalue weighted by Crippen LogP contribution is -1.93. The van der Waals surface area contributed by atoms with Crippen molar-refractivity contribution in [3.8, 4) is 6.07 Å². The Balaban J connectivity index is 3.30. The summed E-state index contributed by atoms with van der Waals surface area (Å²) >= 11 is 0. The minimum absolute atomic E-state index is 0.0523. The fourth-order valence-corrected chi connectivity index (χ4v) is 0.841. The number of hydrogen-bond acceptors (Lipinski definition) is 3.